The first-order chi connectivity index (χ1) is 15.2. The van der Waals surface area contributed by atoms with Gasteiger partial charge in [-0.05, 0) is 42.7 Å². The SMILES string of the molecule is O=C(Cc1cc(Cl)c2c(c1)OCCCO2)N(CC1CCCO1)c1nc2ccccc2s1. The molecular formula is C23H23ClN2O4S. The normalized spacial score (nSPS) is 18.2. The first kappa shape index (κ1) is 20.5. The molecule has 8 heteroatoms. The zero-order chi connectivity index (χ0) is 21.2. The third-order valence-corrected chi connectivity index (χ3v) is 6.78. The number of benzene rings is 2. The molecule has 1 amide bonds. The number of para-hydroxylation sites is 1. The standard InChI is InChI=1S/C23H23ClN2O4S/c24-17-11-15(12-19-22(17)30-10-4-9-29-19)13-21(27)26(14-16-5-3-8-28-16)23-25-18-6-1-2-7-20(18)31-23/h1-2,6-7,11-12,16H,3-5,8-10,13-14H2. The Hall–Kier alpha value is -2.35. The van der Waals surface area contributed by atoms with Crippen molar-refractivity contribution in [1.29, 1.82) is 0 Å². The number of fused-ring (bicyclic) bond motifs is 2. The number of anilines is 1. The van der Waals surface area contributed by atoms with Crippen molar-refractivity contribution in [2.24, 2.45) is 0 Å². The highest BCUT2D eigenvalue weighted by Gasteiger charge is 2.27. The third kappa shape index (κ3) is 4.49. The van der Waals surface area contributed by atoms with Gasteiger partial charge < -0.3 is 14.2 Å². The fourth-order valence-electron chi connectivity index (χ4n) is 3.91. The summed E-state index contributed by atoms with van der Waals surface area (Å²) in [7, 11) is 0. The van der Waals surface area contributed by atoms with E-state index in [1.807, 2.05) is 30.3 Å². The topological polar surface area (TPSA) is 60.9 Å². The van der Waals surface area contributed by atoms with E-state index in [1.54, 1.807) is 11.0 Å². The smallest absolute Gasteiger partial charge is 0.233 e. The summed E-state index contributed by atoms with van der Waals surface area (Å²) in [6.07, 6.45) is 2.99. The third-order valence-electron chi connectivity index (χ3n) is 5.44. The van der Waals surface area contributed by atoms with Crippen LogP contribution in [0.25, 0.3) is 10.2 Å². The van der Waals surface area contributed by atoms with Crippen molar-refractivity contribution in [3.8, 4) is 11.5 Å². The molecule has 0 radical (unpaired) electrons. The lowest BCUT2D eigenvalue weighted by atomic mass is 10.1. The largest absolute Gasteiger partial charge is 0.489 e. The van der Waals surface area contributed by atoms with Crippen LogP contribution in [0.4, 0.5) is 5.13 Å². The van der Waals surface area contributed by atoms with Crippen molar-refractivity contribution in [1.82, 2.24) is 4.98 Å². The fraction of sp³-hybridized carbons (Fsp3) is 0.391. The van der Waals surface area contributed by atoms with Gasteiger partial charge in [-0.3, -0.25) is 9.69 Å². The molecule has 2 aromatic carbocycles. The summed E-state index contributed by atoms with van der Waals surface area (Å²) in [4.78, 5) is 19.9. The predicted molar refractivity (Wildman–Crippen MR) is 122 cm³/mol. The van der Waals surface area contributed by atoms with Crippen molar-refractivity contribution in [2.75, 3.05) is 31.3 Å². The molecule has 3 aromatic rings. The number of nitrogens with zero attached hydrogens (tertiary/aromatic N) is 2. The van der Waals surface area contributed by atoms with Gasteiger partial charge in [-0.25, -0.2) is 4.98 Å². The second-order valence-corrected chi connectivity index (χ2v) is 9.15. The molecule has 0 bridgehead atoms. The maximum Gasteiger partial charge on any atom is 0.233 e. The maximum absolute atomic E-state index is 13.4. The number of halogens is 1. The van der Waals surface area contributed by atoms with Crippen molar-refractivity contribution >= 4 is 44.2 Å². The molecule has 2 aliphatic heterocycles. The van der Waals surface area contributed by atoms with Crippen molar-refractivity contribution in [3.05, 3.63) is 47.0 Å². The minimum atomic E-state index is -0.0416. The van der Waals surface area contributed by atoms with Gasteiger partial charge in [-0.2, -0.15) is 0 Å². The van der Waals surface area contributed by atoms with E-state index in [4.69, 9.17) is 30.8 Å². The summed E-state index contributed by atoms with van der Waals surface area (Å²) < 4.78 is 18.3. The zero-order valence-electron chi connectivity index (χ0n) is 17.0. The Balaban J connectivity index is 1.42. The molecule has 162 valence electrons. The Labute approximate surface area is 189 Å². The quantitative estimate of drug-likeness (QED) is 0.546. The first-order valence-electron chi connectivity index (χ1n) is 10.5. The molecule has 3 heterocycles. The molecule has 6 nitrogen and oxygen atoms in total. The lowest BCUT2D eigenvalue weighted by molar-refractivity contribution is -0.118. The molecule has 5 rings (SSSR count). The highest BCUT2D eigenvalue weighted by atomic mass is 35.5. The predicted octanol–water partition coefficient (Wildman–Crippen LogP) is 4.87. The second-order valence-electron chi connectivity index (χ2n) is 7.74. The molecule has 0 spiro atoms. The average Bonchev–Trinajstić information content (AvgIpc) is 3.36. The van der Waals surface area contributed by atoms with E-state index < -0.39 is 0 Å². The number of aromatic nitrogens is 1. The van der Waals surface area contributed by atoms with E-state index >= 15 is 0 Å². The van der Waals surface area contributed by atoms with E-state index in [9.17, 15) is 4.79 Å². The van der Waals surface area contributed by atoms with Crippen LogP contribution in [-0.4, -0.2) is 43.4 Å². The Morgan fingerprint density at radius 3 is 2.87 bits per heavy atom. The second kappa shape index (κ2) is 9.02. The Morgan fingerprint density at radius 2 is 2.03 bits per heavy atom. The van der Waals surface area contributed by atoms with Gasteiger partial charge in [-0.15, -0.1) is 0 Å². The van der Waals surface area contributed by atoms with Crippen LogP contribution in [0.3, 0.4) is 0 Å². The summed E-state index contributed by atoms with van der Waals surface area (Å²) in [6.45, 7) is 2.37. The summed E-state index contributed by atoms with van der Waals surface area (Å²) in [5.74, 6) is 1.11. The summed E-state index contributed by atoms with van der Waals surface area (Å²) in [5.41, 5.74) is 1.68. The Bertz CT molecular complexity index is 1060. The number of hydrogen-bond acceptors (Lipinski definition) is 6. The number of ether oxygens (including phenoxy) is 3. The Kier molecular flexibility index (Phi) is 5.98. The van der Waals surface area contributed by atoms with Crippen LogP contribution in [0.5, 0.6) is 11.5 Å². The van der Waals surface area contributed by atoms with E-state index in [0.29, 0.717) is 41.4 Å². The van der Waals surface area contributed by atoms with E-state index in [-0.39, 0.29) is 18.4 Å². The van der Waals surface area contributed by atoms with E-state index in [1.165, 1.54) is 11.3 Å². The van der Waals surface area contributed by atoms with Crippen LogP contribution in [-0.2, 0) is 16.0 Å². The number of carbonyl (C=O) groups is 1. The maximum atomic E-state index is 13.4. The van der Waals surface area contributed by atoms with E-state index in [0.717, 1.165) is 41.6 Å². The molecule has 0 aliphatic carbocycles. The van der Waals surface area contributed by atoms with Crippen molar-refractivity contribution in [2.45, 2.75) is 31.8 Å². The number of rotatable bonds is 5. The summed E-state index contributed by atoms with van der Waals surface area (Å²) in [5, 5.41) is 1.16. The number of hydrogen-bond donors (Lipinski definition) is 0. The van der Waals surface area contributed by atoms with Crippen LogP contribution < -0.4 is 14.4 Å². The van der Waals surface area contributed by atoms with Crippen molar-refractivity contribution in [3.63, 3.8) is 0 Å². The number of amides is 1. The van der Waals surface area contributed by atoms with Gasteiger partial charge in [-0.1, -0.05) is 35.1 Å². The molecule has 0 saturated carbocycles. The summed E-state index contributed by atoms with van der Waals surface area (Å²) in [6, 6.07) is 11.6. The Morgan fingerprint density at radius 1 is 1.16 bits per heavy atom. The molecule has 2 aliphatic rings. The van der Waals surface area contributed by atoms with Crippen LogP contribution >= 0.6 is 22.9 Å². The van der Waals surface area contributed by atoms with Gasteiger partial charge in [0.05, 0.1) is 47.5 Å². The van der Waals surface area contributed by atoms with Crippen LogP contribution in [0.2, 0.25) is 5.02 Å². The fourth-order valence-corrected chi connectivity index (χ4v) is 5.19. The summed E-state index contributed by atoms with van der Waals surface area (Å²) >= 11 is 7.95. The van der Waals surface area contributed by atoms with Gasteiger partial charge in [0.15, 0.2) is 16.6 Å². The van der Waals surface area contributed by atoms with Gasteiger partial charge in [0.25, 0.3) is 0 Å². The van der Waals surface area contributed by atoms with Gasteiger partial charge in [0, 0.05) is 13.0 Å². The highest BCUT2D eigenvalue weighted by Crippen LogP contribution is 2.38. The lowest BCUT2D eigenvalue weighted by Crippen LogP contribution is -2.38. The van der Waals surface area contributed by atoms with Crippen LogP contribution in [0.1, 0.15) is 24.8 Å². The van der Waals surface area contributed by atoms with Gasteiger partial charge in [0.1, 0.15) is 0 Å². The van der Waals surface area contributed by atoms with Gasteiger partial charge >= 0.3 is 0 Å². The van der Waals surface area contributed by atoms with Crippen LogP contribution in [0.15, 0.2) is 36.4 Å². The highest BCUT2D eigenvalue weighted by molar-refractivity contribution is 7.22. The van der Waals surface area contributed by atoms with Crippen LogP contribution in [0, 0.1) is 0 Å². The minimum Gasteiger partial charge on any atom is -0.489 e. The average molecular weight is 459 g/mol. The number of carbonyl (C=O) groups excluding carboxylic acids is 1. The molecule has 1 unspecified atom stereocenters. The monoisotopic (exact) mass is 458 g/mol. The molecule has 1 aromatic heterocycles. The van der Waals surface area contributed by atoms with Crippen molar-refractivity contribution < 1.29 is 19.0 Å². The van der Waals surface area contributed by atoms with Gasteiger partial charge in [0.2, 0.25) is 5.91 Å². The molecule has 1 atom stereocenters. The molecule has 31 heavy (non-hydrogen) atoms. The van der Waals surface area contributed by atoms with E-state index in [2.05, 4.69) is 0 Å². The first-order valence-corrected chi connectivity index (χ1v) is 11.7. The molecule has 0 N–H and O–H groups in total. The lowest BCUT2D eigenvalue weighted by Gasteiger charge is -2.23. The number of thiazole rings is 1. The molecule has 1 saturated heterocycles. The zero-order valence-corrected chi connectivity index (χ0v) is 18.6. The molecule has 1 fully saturated rings. The molecular weight excluding hydrogens is 436 g/mol. The minimum absolute atomic E-state index is 0.0309.